The number of sulfonamides is 1. The largest absolute Gasteiger partial charge is 0.364 e. The lowest BCUT2D eigenvalue weighted by molar-refractivity contribution is -0.124. The third-order valence-electron chi connectivity index (χ3n) is 6.83. The van der Waals surface area contributed by atoms with E-state index in [0.29, 0.717) is 27.9 Å². The molecule has 2 N–H and O–H groups in total. The second kappa shape index (κ2) is 11.9. The zero-order valence-electron chi connectivity index (χ0n) is 22.6. The first-order valence-corrected chi connectivity index (χ1v) is 14.6. The Kier molecular flexibility index (Phi) is 8.28. The Bertz CT molecular complexity index is 1670. The number of benzene rings is 2. The van der Waals surface area contributed by atoms with Crippen LogP contribution in [0.4, 0.5) is 19.0 Å². The highest BCUT2D eigenvalue weighted by Gasteiger charge is 2.52. The number of rotatable bonds is 9. The lowest BCUT2D eigenvalue weighted by atomic mass is 10.1. The molecular formula is C30H28F3N5O3S. The third kappa shape index (κ3) is 6.77. The molecule has 8 nitrogen and oxygen atoms in total. The fraction of sp³-hybridized carbons (Fsp3) is 0.233. The van der Waals surface area contributed by atoms with Crippen LogP contribution in [-0.2, 0) is 27.9 Å². The van der Waals surface area contributed by atoms with Gasteiger partial charge in [-0.25, -0.2) is 26.6 Å². The van der Waals surface area contributed by atoms with Crippen molar-refractivity contribution in [1.29, 1.82) is 0 Å². The van der Waals surface area contributed by atoms with Gasteiger partial charge in [0.15, 0.2) is 0 Å². The molecule has 4 aromatic rings. The van der Waals surface area contributed by atoms with E-state index in [1.54, 1.807) is 18.3 Å². The van der Waals surface area contributed by atoms with Gasteiger partial charge in [-0.15, -0.1) is 0 Å². The predicted molar refractivity (Wildman–Crippen MR) is 151 cm³/mol. The molecule has 1 atom stereocenters. The van der Waals surface area contributed by atoms with Crippen LogP contribution in [0.15, 0.2) is 90.0 Å². The zero-order valence-corrected chi connectivity index (χ0v) is 23.4. The molecule has 0 saturated carbocycles. The molecule has 0 bridgehead atoms. The Hall–Kier alpha value is -4.29. The van der Waals surface area contributed by atoms with Gasteiger partial charge in [0.25, 0.3) is 5.92 Å². The average Bonchev–Trinajstić information content (AvgIpc) is 3.32. The zero-order chi connectivity index (χ0) is 29.9. The van der Waals surface area contributed by atoms with E-state index in [9.17, 15) is 26.4 Å². The van der Waals surface area contributed by atoms with Crippen molar-refractivity contribution in [3.63, 3.8) is 0 Å². The first kappa shape index (κ1) is 29.2. The van der Waals surface area contributed by atoms with Crippen molar-refractivity contribution in [1.82, 2.24) is 19.6 Å². The molecule has 1 saturated heterocycles. The Balaban J connectivity index is 1.37. The number of carbonyl (C=O) groups excluding carboxylic acids is 1. The minimum atomic E-state index is -4.49. The first-order valence-electron chi connectivity index (χ1n) is 13.1. The summed E-state index contributed by atoms with van der Waals surface area (Å²) in [4.78, 5) is 21.8. The van der Waals surface area contributed by atoms with Gasteiger partial charge >= 0.3 is 0 Å². The summed E-state index contributed by atoms with van der Waals surface area (Å²) >= 11 is 0. The van der Waals surface area contributed by atoms with Crippen LogP contribution < -0.4 is 10.6 Å². The van der Waals surface area contributed by atoms with Gasteiger partial charge in [0.1, 0.15) is 17.7 Å². The lowest BCUT2D eigenvalue weighted by Crippen LogP contribution is -2.45. The monoisotopic (exact) mass is 595 g/mol. The van der Waals surface area contributed by atoms with Gasteiger partial charge in [-0.1, -0.05) is 35.9 Å². The van der Waals surface area contributed by atoms with Gasteiger partial charge in [0, 0.05) is 24.7 Å². The van der Waals surface area contributed by atoms with Crippen LogP contribution in [0.5, 0.6) is 0 Å². The molecule has 2 aromatic carbocycles. The second-order valence-corrected chi connectivity index (χ2v) is 12.0. The number of alkyl halides is 2. The SMILES string of the molecule is Cc1ccc(-c2cc(CNC(=O)[C@@H]3CC(F)(F)CN3S(=O)(=O)c3ccc(F)cc3)cc(NCc3ccccn3)n2)cc1. The summed E-state index contributed by atoms with van der Waals surface area (Å²) in [6, 6.07) is 18.9. The number of pyridine rings is 2. The number of hydrogen-bond acceptors (Lipinski definition) is 6. The summed E-state index contributed by atoms with van der Waals surface area (Å²) in [6.45, 7) is 1.14. The highest BCUT2D eigenvalue weighted by atomic mass is 32.2. The topological polar surface area (TPSA) is 104 Å². The predicted octanol–water partition coefficient (Wildman–Crippen LogP) is 4.92. The molecule has 218 valence electrons. The smallest absolute Gasteiger partial charge is 0.263 e. The van der Waals surface area contributed by atoms with Crippen molar-refractivity contribution in [2.24, 2.45) is 0 Å². The summed E-state index contributed by atoms with van der Waals surface area (Å²) in [6.07, 6.45) is 0.710. The van der Waals surface area contributed by atoms with Crippen LogP contribution in [0.1, 0.15) is 23.2 Å². The van der Waals surface area contributed by atoms with Crippen molar-refractivity contribution in [2.45, 2.75) is 43.3 Å². The average molecular weight is 596 g/mol. The Morgan fingerprint density at radius 2 is 1.76 bits per heavy atom. The minimum absolute atomic E-state index is 0.0645. The first-order chi connectivity index (χ1) is 20.0. The highest BCUT2D eigenvalue weighted by Crippen LogP contribution is 2.36. The van der Waals surface area contributed by atoms with Crippen LogP contribution in [0.25, 0.3) is 11.3 Å². The molecule has 12 heteroatoms. The molecule has 0 unspecified atom stereocenters. The molecular weight excluding hydrogens is 567 g/mol. The van der Waals surface area contributed by atoms with E-state index in [1.807, 2.05) is 49.4 Å². The van der Waals surface area contributed by atoms with E-state index in [1.165, 1.54) is 0 Å². The molecule has 1 aliphatic rings. The maximum absolute atomic E-state index is 14.5. The van der Waals surface area contributed by atoms with Gasteiger partial charge in [-0.2, -0.15) is 4.31 Å². The second-order valence-electron chi connectivity index (χ2n) is 10.1. The quantitative estimate of drug-likeness (QED) is 0.285. The molecule has 0 aliphatic carbocycles. The number of hydrogen-bond donors (Lipinski definition) is 2. The molecule has 0 radical (unpaired) electrons. The summed E-state index contributed by atoms with van der Waals surface area (Å²) in [5, 5.41) is 5.85. The van der Waals surface area contributed by atoms with Crippen LogP contribution >= 0.6 is 0 Å². The molecule has 0 spiro atoms. The van der Waals surface area contributed by atoms with E-state index in [-0.39, 0.29) is 11.4 Å². The summed E-state index contributed by atoms with van der Waals surface area (Å²) < 4.78 is 69.1. The number of nitrogens with zero attached hydrogens (tertiary/aromatic N) is 3. The van der Waals surface area contributed by atoms with Gasteiger partial charge in [0.2, 0.25) is 15.9 Å². The summed E-state index contributed by atoms with van der Waals surface area (Å²) in [5.41, 5.74) is 3.94. The maximum atomic E-state index is 14.5. The van der Waals surface area contributed by atoms with Gasteiger partial charge in [-0.3, -0.25) is 9.78 Å². The summed E-state index contributed by atoms with van der Waals surface area (Å²) in [5.74, 6) is -4.44. The minimum Gasteiger partial charge on any atom is -0.364 e. The lowest BCUT2D eigenvalue weighted by Gasteiger charge is -2.23. The van der Waals surface area contributed by atoms with Crippen LogP contribution in [0.2, 0.25) is 0 Å². The van der Waals surface area contributed by atoms with Crippen LogP contribution in [0.3, 0.4) is 0 Å². The number of amides is 1. The molecule has 1 fully saturated rings. The Morgan fingerprint density at radius 3 is 2.45 bits per heavy atom. The number of halogens is 3. The Morgan fingerprint density at radius 1 is 1.02 bits per heavy atom. The molecule has 3 heterocycles. The Labute approximate surface area is 241 Å². The molecule has 1 aliphatic heterocycles. The molecule has 5 rings (SSSR count). The summed E-state index contributed by atoms with van der Waals surface area (Å²) in [7, 11) is -4.49. The van der Waals surface area contributed by atoms with Crippen LogP contribution in [-0.4, -0.2) is 47.1 Å². The molecule has 1 amide bonds. The molecule has 2 aromatic heterocycles. The van der Waals surface area contributed by atoms with Crippen molar-refractivity contribution >= 4 is 21.7 Å². The fourth-order valence-corrected chi connectivity index (χ4v) is 6.26. The number of anilines is 1. The third-order valence-corrected chi connectivity index (χ3v) is 8.69. The van der Waals surface area contributed by atoms with Gasteiger partial charge < -0.3 is 10.6 Å². The van der Waals surface area contributed by atoms with Crippen molar-refractivity contribution < 1.29 is 26.4 Å². The van der Waals surface area contributed by atoms with Crippen molar-refractivity contribution in [3.8, 4) is 11.3 Å². The van der Waals surface area contributed by atoms with Gasteiger partial charge in [-0.05, 0) is 61.0 Å². The normalized spacial score (nSPS) is 16.7. The number of aryl methyl sites for hydroxylation is 1. The maximum Gasteiger partial charge on any atom is 0.263 e. The van der Waals surface area contributed by atoms with E-state index in [2.05, 4.69) is 15.6 Å². The van der Waals surface area contributed by atoms with E-state index in [4.69, 9.17) is 4.98 Å². The van der Waals surface area contributed by atoms with Crippen molar-refractivity contribution in [3.05, 3.63) is 108 Å². The van der Waals surface area contributed by atoms with E-state index in [0.717, 1.165) is 41.1 Å². The number of nitrogens with one attached hydrogen (secondary N) is 2. The molecule has 42 heavy (non-hydrogen) atoms. The fourth-order valence-electron chi connectivity index (χ4n) is 4.65. The standard InChI is InChI=1S/C30H28F3N5O3S/c1-20-5-7-22(8-6-20)26-14-21(15-28(37-26)35-18-24-4-2-3-13-34-24)17-36-29(39)27-16-30(32,33)19-38(27)42(40,41)25-11-9-23(31)10-12-25/h2-15,27H,16-19H2,1H3,(H,35,37)(H,36,39)/t27-/m0/s1. The van der Waals surface area contributed by atoms with Crippen molar-refractivity contribution in [2.75, 3.05) is 11.9 Å². The van der Waals surface area contributed by atoms with Crippen LogP contribution in [0, 0.1) is 12.7 Å². The van der Waals surface area contributed by atoms with Gasteiger partial charge in [0.05, 0.1) is 29.4 Å². The van der Waals surface area contributed by atoms with E-state index < -0.39 is 46.7 Å². The van der Waals surface area contributed by atoms with E-state index >= 15 is 0 Å². The number of carbonyl (C=O) groups is 1. The number of aromatic nitrogens is 2. The highest BCUT2D eigenvalue weighted by molar-refractivity contribution is 7.89.